The van der Waals surface area contributed by atoms with E-state index in [0.29, 0.717) is 28.3 Å². The Morgan fingerprint density at radius 3 is 2.31 bits per heavy atom. The van der Waals surface area contributed by atoms with Crippen LogP contribution in [0.25, 0.3) is 6.08 Å². The largest absolute Gasteiger partial charge is 0.497 e. The van der Waals surface area contributed by atoms with Gasteiger partial charge in [-0.2, -0.15) is 0 Å². The Morgan fingerprint density at radius 2 is 1.57 bits per heavy atom. The normalized spacial score (nSPS) is 10.9. The van der Waals surface area contributed by atoms with Crippen molar-refractivity contribution in [1.82, 2.24) is 5.32 Å². The van der Waals surface area contributed by atoms with Crippen molar-refractivity contribution in [2.75, 3.05) is 30.6 Å². The number of carbonyl (C=O) groups excluding carboxylic acids is 3. The van der Waals surface area contributed by atoms with Crippen molar-refractivity contribution in [2.24, 2.45) is 0 Å². The number of anilines is 2. The lowest BCUT2D eigenvalue weighted by molar-refractivity contribution is -0.114. The molecule has 214 valence electrons. The summed E-state index contributed by atoms with van der Waals surface area (Å²) in [6, 6.07) is 28.5. The van der Waals surface area contributed by atoms with Gasteiger partial charge in [-0.15, -0.1) is 11.8 Å². The average molecular weight is 582 g/mol. The highest BCUT2D eigenvalue weighted by atomic mass is 32.2. The van der Waals surface area contributed by atoms with Crippen molar-refractivity contribution in [3.63, 3.8) is 0 Å². The molecule has 4 rings (SSSR count). The Hall–Kier alpha value is -5.02. The van der Waals surface area contributed by atoms with Gasteiger partial charge in [0.05, 0.1) is 20.0 Å². The van der Waals surface area contributed by atoms with E-state index >= 15 is 0 Å². The van der Waals surface area contributed by atoms with Gasteiger partial charge in [0.25, 0.3) is 11.8 Å². The smallest absolute Gasteiger partial charge is 0.272 e. The van der Waals surface area contributed by atoms with Gasteiger partial charge in [0.1, 0.15) is 17.2 Å². The predicted octanol–water partition coefficient (Wildman–Crippen LogP) is 6.15. The SMILES string of the molecule is COc1ccc(OC)c(/C=C(/NC(=O)c2ccccc2)C(=O)Nc2cccc(SCC(=O)Nc3ccccc3C)c2)c1. The molecule has 0 aliphatic rings. The number of nitrogens with one attached hydrogen (secondary N) is 3. The van der Waals surface area contributed by atoms with E-state index in [0.717, 1.165) is 16.1 Å². The maximum Gasteiger partial charge on any atom is 0.272 e. The quantitative estimate of drug-likeness (QED) is 0.145. The topological polar surface area (TPSA) is 106 Å². The number of methoxy groups -OCH3 is 2. The fourth-order valence-corrected chi connectivity index (χ4v) is 4.72. The molecular formula is C33H31N3O5S. The molecule has 0 aliphatic heterocycles. The third kappa shape index (κ3) is 8.25. The number of rotatable bonds is 11. The van der Waals surface area contributed by atoms with E-state index in [-0.39, 0.29) is 17.4 Å². The van der Waals surface area contributed by atoms with E-state index in [9.17, 15) is 14.4 Å². The molecule has 42 heavy (non-hydrogen) atoms. The third-order valence-corrected chi connectivity index (χ3v) is 7.14. The van der Waals surface area contributed by atoms with E-state index in [4.69, 9.17) is 9.47 Å². The minimum Gasteiger partial charge on any atom is -0.497 e. The number of ether oxygens (including phenoxy) is 2. The molecule has 0 unspecified atom stereocenters. The number of benzene rings is 4. The minimum absolute atomic E-state index is 0.00562. The number of hydrogen-bond donors (Lipinski definition) is 3. The summed E-state index contributed by atoms with van der Waals surface area (Å²) >= 11 is 1.34. The van der Waals surface area contributed by atoms with Crippen LogP contribution in [0.4, 0.5) is 11.4 Å². The third-order valence-electron chi connectivity index (χ3n) is 6.15. The van der Waals surface area contributed by atoms with Crippen molar-refractivity contribution < 1.29 is 23.9 Å². The average Bonchev–Trinajstić information content (AvgIpc) is 3.01. The summed E-state index contributed by atoms with van der Waals surface area (Å²) in [5.74, 6) is 0.140. The molecule has 0 bridgehead atoms. The van der Waals surface area contributed by atoms with Gasteiger partial charge in [-0.3, -0.25) is 14.4 Å². The lowest BCUT2D eigenvalue weighted by atomic mass is 10.1. The zero-order valence-electron chi connectivity index (χ0n) is 23.5. The molecule has 3 amide bonds. The number of carbonyl (C=O) groups is 3. The van der Waals surface area contributed by atoms with Crippen molar-refractivity contribution in [3.8, 4) is 11.5 Å². The van der Waals surface area contributed by atoms with Crippen LogP contribution in [0.15, 0.2) is 108 Å². The zero-order valence-corrected chi connectivity index (χ0v) is 24.3. The maximum atomic E-state index is 13.5. The maximum absolute atomic E-state index is 13.5. The van der Waals surface area contributed by atoms with Crippen LogP contribution in [0, 0.1) is 6.92 Å². The summed E-state index contributed by atoms with van der Waals surface area (Å²) in [5.41, 5.74) is 3.20. The Labute approximate surface area is 249 Å². The first kappa shape index (κ1) is 30.0. The van der Waals surface area contributed by atoms with Crippen LogP contribution in [0.5, 0.6) is 11.5 Å². The predicted molar refractivity (Wildman–Crippen MR) is 167 cm³/mol. The first-order chi connectivity index (χ1) is 20.4. The van der Waals surface area contributed by atoms with Crippen molar-refractivity contribution in [1.29, 1.82) is 0 Å². The van der Waals surface area contributed by atoms with Crippen LogP contribution in [0.1, 0.15) is 21.5 Å². The Morgan fingerprint density at radius 1 is 0.810 bits per heavy atom. The van der Waals surface area contributed by atoms with Crippen molar-refractivity contribution in [3.05, 3.63) is 119 Å². The number of hydrogen-bond acceptors (Lipinski definition) is 6. The van der Waals surface area contributed by atoms with Gasteiger partial charge in [0.2, 0.25) is 5.91 Å². The molecule has 0 saturated carbocycles. The summed E-state index contributed by atoms with van der Waals surface area (Å²) in [6.45, 7) is 1.93. The second kappa shape index (κ2) is 14.6. The second-order valence-corrected chi connectivity index (χ2v) is 10.2. The number of aryl methyl sites for hydroxylation is 1. The van der Waals surface area contributed by atoms with Gasteiger partial charge < -0.3 is 25.4 Å². The first-order valence-electron chi connectivity index (χ1n) is 13.1. The summed E-state index contributed by atoms with van der Waals surface area (Å²) in [6.07, 6.45) is 1.53. The molecule has 0 radical (unpaired) electrons. The standard InChI is InChI=1S/C33H31N3O5S/c1-22-10-7-8-15-28(22)35-31(37)21-42-27-14-9-13-25(20-27)34-33(39)29(36-32(38)23-11-5-4-6-12-23)19-24-18-26(40-2)16-17-30(24)41-3/h4-20H,21H2,1-3H3,(H,34,39)(H,35,37)(H,36,38)/b29-19+. The zero-order chi connectivity index (χ0) is 29.9. The summed E-state index contributed by atoms with van der Waals surface area (Å²) in [4.78, 5) is 39.8. The molecule has 0 fully saturated rings. The van der Waals surface area contributed by atoms with Gasteiger partial charge in [0, 0.05) is 27.4 Å². The fourth-order valence-electron chi connectivity index (χ4n) is 3.96. The monoisotopic (exact) mass is 581 g/mol. The first-order valence-corrected chi connectivity index (χ1v) is 14.0. The Balaban J connectivity index is 1.52. The van der Waals surface area contributed by atoms with Gasteiger partial charge in [-0.25, -0.2) is 0 Å². The molecule has 0 saturated heterocycles. The highest BCUT2D eigenvalue weighted by Crippen LogP contribution is 2.27. The summed E-state index contributed by atoms with van der Waals surface area (Å²) < 4.78 is 10.8. The molecule has 0 aromatic heterocycles. The minimum atomic E-state index is -0.538. The van der Waals surface area contributed by atoms with E-state index in [1.165, 1.54) is 32.1 Å². The van der Waals surface area contributed by atoms with Gasteiger partial charge in [-0.05, 0) is 73.2 Å². The molecule has 0 atom stereocenters. The van der Waals surface area contributed by atoms with E-state index < -0.39 is 11.8 Å². The molecule has 4 aromatic rings. The van der Waals surface area contributed by atoms with Crippen LogP contribution >= 0.6 is 11.8 Å². The van der Waals surface area contributed by atoms with Crippen LogP contribution in [0.3, 0.4) is 0 Å². The molecule has 4 aromatic carbocycles. The van der Waals surface area contributed by atoms with Crippen LogP contribution < -0.4 is 25.4 Å². The molecule has 0 spiro atoms. The summed E-state index contributed by atoms with van der Waals surface area (Å²) in [7, 11) is 3.06. The lowest BCUT2D eigenvalue weighted by Gasteiger charge is -2.14. The van der Waals surface area contributed by atoms with E-state index in [1.807, 2.05) is 37.3 Å². The fraction of sp³-hybridized carbons (Fsp3) is 0.121. The van der Waals surface area contributed by atoms with Crippen molar-refractivity contribution >= 4 is 46.9 Å². The Kier molecular flexibility index (Phi) is 10.4. The number of thioether (sulfide) groups is 1. The highest BCUT2D eigenvalue weighted by molar-refractivity contribution is 8.00. The highest BCUT2D eigenvalue weighted by Gasteiger charge is 2.17. The van der Waals surface area contributed by atoms with Gasteiger partial charge in [-0.1, -0.05) is 42.5 Å². The molecule has 8 nitrogen and oxygen atoms in total. The molecule has 0 aliphatic carbocycles. The Bertz CT molecular complexity index is 1600. The van der Waals surface area contributed by atoms with Crippen molar-refractivity contribution in [2.45, 2.75) is 11.8 Å². The van der Waals surface area contributed by atoms with Crippen LogP contribution in [-0.2, 0) is 9.59 Å². The molecule has 3 N–H and O–H groups in total. The van der Waals surface area contributed by atoms with E-state index in [1.54, 1.807) is 66.7 Å². The second-order valence-electron chi connectivity index (χ2n) is 9.12. The lowest BCUT2D eigenvalue weighted by Crippen LogP contribution is -2.30. The van der Waals surface area contributed by atoms with Crippen LogP contribution in [-0.4, -0.2) is 37.7 Å². The number of amides is 3. The summed E-state index contributed by atoms with van der Waals surface area (Å²) in [5, 5.41) is 8.50. The van der Waals surface area contributed by atoms with E-state index in [2.05, 4.69) is 16.0 Å². The molecule has 9 heteroatoms. The van der Waals surface area contributed by atoms with Gasteiger partial charge >= 0.3 is 0 Å². The molecule has 0 heterocycles. The van der Waals surface area contributed by atoms with Gasteiger partial charge in [0.15, 0.2) is 0 Å². The number of para-hydroxylation sites is 1. The molecular weight excluding hydrogens is 550 g/mol. The van der Waals surface area contributed by atoms with Crippen LogP contribution in [0.2, 0.25) is 0 Å².